The first-order valence-electron chi connectivity index (χ1n) is 4.47. The van der Waals surface area contributed by atoms with Gasteiger partial charge in [-0.25, -0.2) is 0 Å². The minimum Gasteiger partial charge on any atom is -0.410 e. The van der Waals surface area contributed by atoms with Crippen molar-refractivity contribution in [3.63, 3.8) is 0 Å². The SMILES string of the molecule is CNC(=O)C(=NO)c1ccccc1CN. The molecular formula is C10H13N3O2. The van der Waals surface area contributed by atoms with E-state index >= 15 is 0 Å². The average molecular weight is 207 g/mol. The summed E-state index contributed by atoms with van der Waals surface area (Å²) in [7, 11) is 1.47. The monoisotopic (exact) mass is 207 g/mol. The summed E-state index contributed by atoms with van der Waals surface area (Å²) in [4.78, 5) is 11.4. The molecule has 0 aliphatic rings. The van der Waals surface area contributed by atoms with Crippen LogP contribution in [0.15, 0.2) is 29.4 Å². The highest BCUT2D eigenvalue weighted by Crippen LogP contribution is 2.09. The van der Waals surface area contributed by atoms with Gasteiger partial charge in [0, 0.05) is 19.2 Å². The fourth-order valence-corrected chi connectivity index (χ4v) is 1.27. The molecule has 4 N–H and O–H groups in total. The van der Waals surface area contributed by atoms with E-state index in [0.717, 1.165) is 5.56 Å². The van der Waals surface area contributed by atoms with Gasteiger partial charge in [-0.2, -0.15) is 0 Å². The Balaban J connectivity index is 3.18. The van der Waals surface area contributed by atoms with E-state index in [-0.39, 0.29) is 12.3 Å². The standard InChI is InChI=1S/C10H13N3O2/c1-12-10(14)9(13-15)8-5-3-2-4-7(8)6-11/h2-5,15H,6,11H2,1H3,(H,12,14). The molecule has 0 saturated heterocycles. The van der Waals surface area contributed by atoms with Gasteiger partial charge in [-0.3, -0.25) is 4.79 Å². The Labute approximate surface area is 87.6 Å². The molecule has 0 bridgehead atoms. The highest BCUT2D eigenvalue weighted by atomic mass is 16.4. The third-order valence-corrected chi connectivity index (χ3v) is 2.03. The second kappa shape index (κ2) is 5.11. The number of oxime groups is 1. The van der Waals surface area contributed by atoms with Crippen LogP contribution in [0.4, 0.5) is 0 Å². The van der Waals surface area contributed by atoms with Crippen LogP contribution < -0.4 is 11.1 Å². The smallest absolute Gasteiger partial charge is 0.273 e. The molecule has 0 saturated carbocycles. The predicted molar refractivity (Wildman–Crippen MR) is 56.7 cm³/mol. The van der Waals surface area contributed by atoms with Crippen molar-refractivity contribution >= 4 is 11.6 Å². The number of hydrogen-bond donors (Lipinski definition) is 3. The largest absolute Gasteiger partial charge is 0.410 e. The number of likely N-dealkylation sites (N-methyl/N-ethyl adjacent to an activating group) is 1. The molecule has 1 rings (SSSR count). The number of benzene rings is 1. The molecule has 1 aromatic rings. The van der Waals surface area contributed by atoms with Crippen molar-refractivity contribution in [1.82, 2.24) is 5.32 Å². The lowest BCUT2D eigenvalue weighted by molar-refractivity contribution is -0.114. The molecule has 0 radical (unpaired) electrons. The van der Waals surface area contributed by atoms with Crippen LogP contribution >= 0.6 is 0 Å². The van der Waals surface area contributed by atoms with Crippen LogP contribution in [0.2, 0.25) is 0 Å². The summed E-state index contributed by atoms with van der Waals surface area (Å²) >= 11 is 0. The molecule has 0 aliphatic heterocycles. The van der Waals surface area contributed by atoms with Gasteiger partial charge in [0.05, 0.1) is 0 Å². The van der Waals surface area contributed by atoms with E-state index in [4.69, 9.17) is 10.9 Å². The van der Waals surface area contributed by atoms with Crippen LogP contribution in [0.25, 0.3) is 0 Å². The molecule has 0 atom stereocenters. The summed E-state index contributed by atoms with van der Waals surface area (Å²) in [5.41, 5.74) is 6.79. The highest BCUT2D eigenvalue weighted by Gasteiger charge is 2.15. The molecule has 1 amide bonds. The van der Waals surface area contributed by atoms with Crippen LogP contribution in [0.5, 0.6) is 0 Å². The van der Waals surface area contributed by atoms with Crippen molar-refractivity contribution in [1.29, 1.82) is 0 Å². The van der Waals surface area contributed by atoms with Gasteiger partial charge >= 0.3 is 0 Å². The Morgan fingerprint density at radius 2 is 2.20 bits per heavy atom. The number of nitrogens with two attached hydrogens (primary N) is 1. The van der Waals surface area contributed by atoms with Crippen molar-refractivity contribution in [2.45, 2.75) is 6.54 Å². The molecule has 0 heterocycles. The van der Waals surface area contributed by atoms with Crippen LogP contribution in [0.3, 0.4) is 0 Å². The van der Waals surface area contributed by atoms with Gasteiger partial charge in [-0.15, -0.1) is 0 Å². The minimum absolute atomic E-state index is 0.0291. The van der Waals surface area contributed by atoms with E-state index in [1.807, 2.05) is 6.07 Å². The van der Waals surface area contributed by atoms with E-state index in [1.54, 1.807) is 18.2 Å². The first-order chi connectivity index (χ1) is 7.24. The molecule has 0 aromatic heterocycles. The Kier molecular flexibility index (Phi) is 3.82. The molecule has 0 aliphatic carbocycles. The lowest BCUT2D eigenvalue weighted by Crippen LogP contribution is -2.29. The molecule has 5 heteroatoms. The van der Waals surface area contributed by atoms with Gasteiger partial charge in [-0.05, 0) is 5.56 Å². The van der Waals surface area contributed by atoms with Gasteiger partial charge in [0.2, 0.25) is 0 Å². The highest BCUT2D eigenvalue weighted by molar-refractivity contribution is 6.45. The van der Waals surface area contributed by atoms with Crippen molar-refractivity contribution < 1.29 is 10.0 Å². The van der Waals surface area contributed by atoms with Gasteiger partial charge in [0.15, 0.2) is 5.71 Å². The summed E-state index contributed by atoms with van der Waals surface area (Å²) in [6, 6.07) is 7.03. The molecule has 15 heavy (non-hydrogen) atoms. The molecule has 1 aromatic carbocycles. The second-order valence-electron chi connectivity index (χ2n) is 2.89. The zero-order valence-electron chi connectivity index (χ0n) is 8.40. The lowest BCUT2D eigenvalue weighted by atomic mass is 10.0. The van der Waals surface area contributed by atoms with Gasteiger partial charge in [0.1, 0.15) is 0 Å². The Hall–Kier alpha value is -1.88. The Bertz CT molecular complexity index is 388. The number of rotatable bonds is 3. The fourth-order valence-electron chi connectivity index (χ4n) is 1.27. The van der Waals surface area contributed by atoms with Crippen LogP contribution in [-0.4, -0.2) is 23.9 Å². The maximum atomic E-state index is 11.4. The summed E-state index contributed by atoms with van der Waals surface area (Å²) in [6.07, 6.45) is 0. The Morgan fingerprint density at radius 1 is 1.53 bits per heavy atom. The molecule has 0 spiro atoms. The maximum Gasteiger partial charge on any atom is 0.273 e. The zero-order valence-corrected chi connectivity index (χ0v) is 8.40. The second-order valence-corrected chi connectivity index (χ2v) is 2.89. The number of amides is 1. The number of nitrogens with one attached hydrogen (secondary N) is 1. The average Bonchev–Trinajstić information content (AvgIpc) is 2.30. The normalized spacial score (nSPS) is 11.2. The van der Waals surface area contributed by atoms with E-state index in [9.17, 15) is 4.79 Å². The summed E-state index contributed by atoms with van der Waals surface area (Å²) in [5, 5.41) is 14.2. The number of carbonyl (C=O) groups excluding carboxylic acids is 1. The van der Waals surface area contributed by atoms with Crippen LogP contribution in [-0.2, 0) is 11.3 Å². The number of nitrogens with zero attached hydrogens (tertiary/aromatic N) is 1. The Morgan fingerprint density at radius 3 is 2.73 bits per heavy atom. The fraction of sp³-hybridized carbons (Fsp3) is 0.200. The van der Waals surface area contributed by atoms with E-state index < -0.39 is 5.91 Å². The van der Waals surface area contributed by atoms with E-state index in [1.165, 1.54) is 7.05 Å². The van der Waals surface area contributed by atoms with Crippen molar-refractivity contribution in [3.8, 4) is 0 Å². The van der Waals surface area contributed by atoms with Crippen LogP contribution in [0.1, 0.15) is 11.1 Å². The topological polar surface area (TPSA) is 87.7 Å². The maximum absolute atomic E-state index is 11.4. The van der Waals surface area contributed by atoms with Crippen molar-refractivity contribution in [2.75, 3.05) is 7.05 Å². The van der Waals surface area contributed by atoms with E-state index in [0.29, 0.717) is 5.56 Å². The molecule has 80 valence electrons. The first kappa shape index (κ1) is 11.2. The molecule has 5 nitrogen and oxygen atoms in total. The summed E-state index contributed by atoms with van der Waals surface area (Å²) in [5.74, 6) is -0.446. The predicted octanol–water partition coefficient (Wildman–Crippen LogP) is 0.0696. The van der Waals surface area contributed by atoms with Crippen molar-refractivity contribution in [3.05, 3.63) is 35.4 Å². The van der Waals surface area contributed by atoms with Crippen LogP contribution in [0, 0.1) is 0 Å². The third-order valence-electron chi connectivity index (χ3n) is 2.03. The van der Waals surface area contributed by atoms with Crippen molar-refractivity contribution in [2.24, 2.45) is 10.9 Å². The molecular weight excluding hydrogens is 194 g/mol. The summed E-state index contributed by atoms with van der Waals surface area (Å²) in [6.45, 7) is 0.284. The minimum atomic E-state index is -0.446. The number of hydrogen-bond acceptors (Lipinski definition) is 4. The first-order valence-corrected chi connectivity index (χ1v) is 4.47. The number of carbonyl (C=O) groups is 1. The summed E-state index contributed by atoms with van der Waals surface area (Å²) < 4.78 is 0. The molecule has 0 fully saturated rings. The lowest BCUT2D eigenvalue weighted by Gasteiger charge is -2.07. The van der Waals surface area contributed by atoms with Gasteiger partial charge in [0.25, 0.3) is 5.91 Å². The molecule has 0 unspecified atom stereocenters. The zero-order chi connectivity index (χ0) is 11.3. The third kappa shape index (κ3) is 2.32. The van der Waals surface area contributed by atoms with Gasteiger partial charge in [-0.1, -0.05) is 29.4 Å². The van der Waals surface area contributed by atoms with Gasteiger partial charge < -0.3 is 16.3 Å². The quantitative estimate of drug-likeness (QED) is 0.372. The van der Waals surface area contributed by atoms with E-state index in [2.05, 4.69) is 10.5 Å².